The van der Waals surface area contributed by atoms with Crippen LogP contribution in [0.1, 0.15) is 44.4 Å². The maximum absolute atomic E-state index is 13.0. The number of amides is 1. The summed E-state index contributed by atoms with van der Waals surface area (Å²) in [5.74, 6) is 2.39. The summed E-state index contributed by atoms with van der Waals surface area (Å²) in [5, 5.41) is 6.90. The van der Waals surface area contributed by atoms with Gasteiger partial charge >= 0.3 is 0 Å². The van der Waals surface area contributed by atoms with Crippen LogP contribution in [0.2, 0.25) is 0 Å². The van der Waals surface area contributed by atoms with Crippen molar-refractivity contribution in [1.82, 2.24) is 25.4 Å². The van der Waals surface area contributed by atoms with Crippen LogP contribution in [0.4, 0.5) is 0 Å². The predicted molar refractivity (Wildman–Crippen MR) is 152 cm³/mol. The summed E-state index contributed by atoms with van der Waals surface area (Å²) in [7, 11) is 1.68. The molecule has 5 rings (SSSR count). The molecule has 3 heterocycles. The SMILES string of the molecule is CCN(CC)C(=O)C1=CCC(C2c3cc(Oc4cccnc4)c(OC)cc3CCN2CC2=C(C)NCN2)C=C1. The fourth-order valence-electron chi connectivity index (χ4n) is 5.79. The van der Waals surface area contributed by atoms with E-state index in [9.17, 15) is 4.79 Å². The third kappa shape index (κ3) is 5.66. The molecule has 0 bridgehead atoms. The Labute approximate surface area is 231 Å². The van der Waals surface area contributed by atoms with Crippen LogP contribution in [0.15, 0.2) is 71.9 Å². The second-order valence-electron chi connectivity index (χ2n) is 10.2. The molecule has 3 aliphatic rings. The number of carbonyl (C=O) groups is 1. The van der Waals surface area contributed by atoms with E-state index in [1.54, 1.807) is 19.5 Å². The van der Waals surface area contributed by atoms with E-state index in [-0.39, 0.29) is 17.9 Å². The number of hydrogen-bond acceptors (Lipinski definition) is 7. The minimum atomic E-state index is 0.106. The number of allylic oxidation sites excluding steroid dienone is 2. The lowest BCUT2D eigenvalue weighted by Crippen LogP contribution is -2.41. The van der Waals surface area contributed by atoms with E-state index in [0.717, 1.165) is 43.9 Å². The standard InChI is InChI=1S/C31H39N5O3/c1-5-35(6-2)31(37)23-11-9-22(10-12-23)30-26-17-29(39-25-8-7-14-32-18-25)28(38-4)16-24(26)13-15-36(30)19-27-21(3)33-20-34-27/h7-9,11-12,14,16-18,22,30,33-34H,5-6,10,13,15,19-20H2,1-4H3. The number of methoxy groups -OCH3 is 1. The van der Waals surface area contributed by atoms with Crippen molar-refractivity contribution in [3.8, 4) is 17.2 Å². The summed E-state index contributed by atoms with van der Waals surface area (Å²) >= 11 is 0. The van der Waals surface area contributed by atoms with Gasteiger partial charge in [-0.05, 0) is 69.0 Å². The summed E-state index contributed by atoms with van der Waals surface area (Å²) in [5.41, 5.74) is 5.73. The van der Waals surface area contributed by atoms with Gasteiger partial charge in [0.15, 0.2) is 11.5 Å². The van der Waals surface area contributed by atoms with Gasteiger partial charge in [0.1, 0.15) is 5.75 Å². The maximum atomic E-state index is 13.0. The van der Waals surface area contributed by atoms with E-state index in [2.05, 4.69) is 51.7 Å². The van der Waals surface area contributed by atoms with E-state index in [0.29, 0.717) is 24.6 Å². The Morgan fingerprint density at radius 2 is 2.05 bits per heavy atom. The second-order valence-corrected chi connectivity index (χ2v) is 10.2. The molecule has 0 saturated heterocycles. The summed E-state index contributed by atoms with van der Waals surface area (Å²) in [6, 6.07) is 8.15. The lowest BCUT2D eigenvalue weighted by atomic mass is 9.80. The minimum absolute atomic E-state index is 0.106. The van der Waals surface area contributed by atoms with Crippen LogP contribution < -0.4 is 20.1 Å². The van der Waals surface area contributed by atoms with Crippen molar-refractivity contribution in [2.24, 2.45) is 5.92 Å². The second kappa shape index (κ2) is 11.9. The van der Waals surface area contributed by atoms with Crippen LogP contribution in [0, 0.1) is 5.92 Å². The van der Waals surface area contributed by atoms with Crippen LogP contribution in [-0.2, 0) is 11.2 Å². The third-order valence-corrected chi connectivity index (χ3v) is 7.97. The Hall–Kier alpha value is -3.78. The normalized spacial score (nSPS) is 20.6. The van der Waals surface area contributed by atoms with Crippen LogP contribution in [0.25, 0.3) is 0 Å². The van der Waals surface area contributed by atoms with Crippen molar-refractivity contribution >= 4 is 5.91 Å². The van der Waals surface area contributed by atoms with E-state index < -0.39 is 0 Å². The molecule has 8 heteroatoms. The number of likely N-dealkylation sites (N-methyl/N-ethyl adjacent to an activating group) is 1. The minimum Gasteiger partial charge on any atom is -0.493 e. The summed E-state index contributed by atoms with van der Waals surface area (Å²) in [6.45, 7) is 10.1. The quantitative estimate of drug-likeness (QED) is 0.494. The van der Waals surface area contributed by atoms with Crippen molar-refractivity contribution in [3.05, 3.63) is 83.0 Å². The number of nitrogens with zero attached hydrogens (tertiary/aromatic N) is 3. The average Bonchev–Trinajstić information content (AvgIpc) is 3.37. The first-order valence-electron chi connectivity index (χ1n) is 13.9. The average molecular weight is 530 g/mol. The van der Waals surface area contributed by atoms with Gasteiger partial charge in [-0.25, -0.2) is 0 Å². The van der Waals surface area contributed by atoms with Gasteiger partial charge in [0.05, 0.1) is 20.0 Å². The highest BCUT2D eigenvalue weighted by atomic mass is 16.5. The summed E-state index contributed by atoms with van der Waals surface area (Å²) < 4.78 is 12.0. The smallest absolute Gasteiger partial charge is 0.253 e. The molecule has 2 atom stereocenters. The molecular formula is C31H39N5O3. The van der Waals surface area contributed by atoms with Crippen molar-refractivity contribution in [1.29, 1.82) is 0 Å². The molecule has 1 aromatic carbocycles. The molecule has 2 unspecified atom stereocenters. The van der Waals surface area contributed by atoms with E-state index >= 15 is 0 Å². The number of benzene rings is 1. The number of carbonyl (C=O) groups excluding carboxylic acids is 1. The van der Waals surface area contributed by atoms with E-state index in [4.69, 9.17) is 9.47 Å². The molecule has 0 radical (unpaired) electrons. The Kier molecular flexibility index (Phi) is 8.21. The van der Waals surface area contributed by atoms with Gasteiger partial charge in [-0.15, -0.1) is 0 Å². The van der Waals surface area contributed by atoms with Gasteiger partial charge in [0, 0.05) is 61.3 Å². The summed E-state index contributed by atoms with van der Waals surface area (Å²) in [4.78, 5) is 21.6. The van der Waals surface area contributed by atoms with Crippen molar-refractivity contribution in [2.75, 3.05) is 40.0 Å². The van der Waals surface area contributed by atoms with Gasteiger partial charge in [0.25, 0.3) is 5.91 Å². The molecule has 2 aromatic rings. The van der Waals surface area contributed by atoms with Crippen LogP contribution >= 0.6 is 0 Å². The van der Waals surface area contributed by atoms with Crippen molar-refractivity contribution in [3.63, 3.8) is 0 Å². The number of pyridine rings is 1. The number of rotatable bonds is 9. The maximum Gasteiger partial charge on any atom is 0.253 e. The van der Waals surface area contributed by atoms with Gasteiger partial charge < -0.3 is 25.0 Å². The van der Waals surface area contributed by atoms with Crippen molar-refractivity contribution < 1.29 is 14.3 Å². The number of aromatic nitrogens is 1. The van der Waals surface area contributed by atoms with E-state index in [1.807, 2.05) is 37.0 Å². The molecule has 0 saturated carbocycles. The predicted octanol–water partition coefficient (Wildman–Crippen LogP) is 4.53. The topological polar surface area (TPSA) is 79.0 Å². The highest BCUT2D eigenvalue weighted by Crippen LogP contribution is 2.44. The fourth-order valence-corrected chi connectivity index (χ4v) is 5.79. The number of nitrogens with one attached hydrogen (secondary N) is 2. The zero-order chi connectivity index (χ0) is 27.4. The zero-order valence-corrected chi connectivity index (χ0v) is 23.4. The van der Waals surface area contributed by atoms with Crippen LogP contribution in [-0.4, -0.2) is 60.6 Å². The highest BCUT2D eigenvalue weighted by Gasteiger charge is 2.35. The van der Waals surface area contributed by atoms with Crippen LogP contribution in [0.5, 0.6) is 17.2 Å². The van der Waals surface area contributed by atoms with Gasteiger partial charge in [-0.2, -0.15) is 0 Å². The number of ether oxygens (including phenoxy) is 2. The molecular weight excluding hydrogens is 490 g/mol. The first-order chi connectivity index (χ1) is 19.0. The molecule has 2 N–H and O–H groups in total. The van der Waals surface area contributed by atoms with Gasteiger partial charge in [-0.1, -0.05) is 18.2 Å². The lowest BCUT2D eigenvalue weighted by Gasteiger charge is -2.42. The Bertz CT molecular complexity index is 1280. The third-order valence-electron chi connectivity index (χ3n) is 7.97. The highest BCUT2D eigenvalue weighted by molar-refractivity contribution is 5.96. The molecule has 2 aliphatic heterocycles. The largest absolute Gasteiger partial charge is 0.493 e. The van der Waals surface area contributed by atoms with Crippen molar-refractivity contribution in [2.45, 2.75) is 39.7 Å². The summed E-state index contributed by atoms with van der Waals surface area (Å²) in [6.07, 6.45) is 11.5. The Morgan fingerprint density at radius 3 is 2.69 bits per heavy atom. The van der Waals surface area contributed by atoms with Crippen LogP contribution in [0.3, 0.4) is 0 Å². The molecule has 1 aromatic heterocycles. The zero-order valence-electron chi connectivity index (χ0n) is 23.4. The Morgan fingerprint density at radius 1 is 1.21 bits per heavy atom. The number of fused-ring (bicyclic) bond motifs is 1. The first-order valence-corrected chi connectivity index (χ1v) is 13.9. The Balaban J connectivity index is 1.49. The number of hydrogen-bond donors (Lipinski definition) is 2. The van der Waals surface area contributed by atoms with E-state index in [1.165, 1.54) is 22.5 Å². The molecule has 0 spiro atoms. The fraction of sp³-hybridized carbons (Fsp3) is 0.419. The molecule has 8 nitrogen and oxygen atoms in total. The van der Waals surface area contributed by atoms with Gasteiger partial charge in [0.2, 0.25) is 0 Å². The first kappa shape index (κ1) is 26.8. The molecule has 206 valence electrons. The molecule has 39 heavy (non-hydrogen) atoms. The lowest BCUT2D eigenvalue weighted by molar-refractivity contribution is -0.126. The monoisotopic (exact) mass is 529 g/mol. The molecule has 1 amide bonds. The van der Waals surface area contributed by atoms with Gasteiger partial charge in [-0.3, -0.25) is 14.7 Å². The molecule has 1 aliphatic carbocycles. The molecule has 0 fully saturated rings.